The lowest BCUT2D eigenvalue weighted by Crippen LogP contribution is -2.44. The maximum Gasteiger partial charge on any atom is 0.256 e. The van der Waals surface area contributed by atoms with Crippen LogP contribution in [-0.2, 0) is 4.79 Å². The van der Waals surface area contributed by atoms with Crippen molar-refractivity contribution in [1.82, 2.24) is 9.80 Å². The maximum absolute atomic E-state index is 13.7. The van der Waals surface area contributed by atoms with Gasteiger partial charge in [-0.2, -0.15) is 0 Å². The molecule has 0 aromatic heterocycles. The molecular formula is C17H21F3N2O2. The monoisotopic (exact) mass is 342 g/mol. The van der Waals surface area contributed by atoms with E-state index in [2.05, 4.69) is 0 Å². The van der Waals surface area contributed by atoms with Crippen molar-refractivity contribution in [3.63, 3.8) is 0 Å². The molecule has 0 unspecified atom stereocenters. The number of hydrogen-bond donors (Lipinski definition) is 0. The first-order valence-electron chi connectivity index (χ1n) is 8.12. The second-order valence-electron chi connectivity index (χ2n) is 5.80. The van der Waals surface area contributed by atoms with E-state index in [4.69, 9.17) is 0 Å². The van der Waals surface area contributed by atoms with Crippen molar-refractivity contribution in [3.05, 3.63) is 35.1 Å². The summed E-state index contributed by atoms with van der Waals surface area (Å²) < 4.78 is 40.0. The molecule has 0 radical (unpaired) electrons. The summed E-state index contributed by atoms with van der Waals surface area (Å²) in [5.41, 5.74) is -0.484. The molecule has 0 bridgehead atoms. The van der Waals surface area contributed by atoms with Gasteiger partial charge in [0, 0.05) is 32.1 Å². The average Bonchev–Trinajstić information content (AvgIpc) is 2.60. The highest BCUT2D eigenvalue weighted by molar-refractivity contribution is 5.94. The van der Waals surface area contributed by atoms with Crippen LogP contribution in [0.1, 0.15) is 37.0 Å². The van der Waals surface area contributed by atoms with E-state index in [0.29, 0.717) is 25.9 Å². The number of nitrogens with zero attached hydrogens (tertiary/aromatic N) is 2. The van der Waals surface area contributed by atoms with Gasteiger partial charge in [-0.25, -0.2) is 13.2 Å². The van der Waals surface area contributed by atoms with Crippen molar-refractivity contribution >= 4 is 11.8 Å². The molecule has 1 heterocycles. The third-order valence-corrected chi connectivity index (χ3v) is 4.47. The van der Waals surface area contributed by atoms with Crippen molar-refractivity contribution in [2.24, 2.45) is 5.92 Å². The van der Waals surface area contributed by atoms with Gasteiger partial charge < -0.3 is 9.80 Å². The average molecular weight is 342 g/mol. The van der Waals surface area contributed by atoms with Crippen LogP contribution in [0.5, 0.6) is 0 Å². The standard InChI is InChI=1S/C17H21F3N2O2/c1-3-21(4-2)16(23)11-7-9-22(10-8-11)17(24)12-5-6-13(18)15(20)14(12)19/h5-6,11H,3-4,7-10H2,1-2H3. The van der Waals surface area contributed by atoms with E-state index in [0.717, 1.165) is 12.1 Å². The van der Waals surface area contributed by atoms with Crippen LogP contribution in [0.3, 0.4) is 0 Å². The van der Waals surface area contributed by atoms with Gasteiger partial charge in [0.25, 0.3) is 5.91 Å². The molecule has 2 rings (SSSR count). The third-order valence-electron chi connectivity index (χ3n) is 4.47. The predicted octanol–water partition coefficient (Wildman–Crippen LogP) is 2.82. The van der Waals surface area contributed by atoms with Gasteiger partial charge in [-0.05, 0) is 38.8 Å². The summed E-state index contributed by atoms with van der Waals surface area (Å²) in [6, 6.07) is 1.69. The largest absolute Gasteiger partial charge is 0.343 e. The first-order valence-corrected chi connectivity index (χ1v) is 8.12. The lowest BCUT2D eigenvalue weighted by atomic mass is 9.94. The molecule has 0 spiro atoms. The number of carbonyl (C=O) groups is 2. The molecule has 1 saturated heterocycles. The second-order valence-corrected chi connectivity index (χ2v) is 5.80. The van der Waals surface area contributed by atoms with E-state index >= 15 is 0 Å². The Kier molecular flexibility index (Phi) is 5.85. The van der Waals surface area contributed by atoms with E-state index in [1.807, 2.05) is 13.8 Å². The summed E-state index contributed by atoms with van der Waals surface area (Å²) in [5.74, 6) is -5.23. The minimum atomic E-state index is -1.65. The molecule has 132 valence electrons. The Balaban J connectivity index is 2.03. The fourth-order valence-electron chi connectivity index (χ4n) is 2.98. The number of benzene rings is 1. The van der Waals surface area contributed by atoms with E-state index in [-0.39, 0.29) is 24.9 Å². The number of likely N-dealkylation sites (tertiary alicyclic amines) is 1. The van der Waals surface area contributed by atoms with Crippen molar-refractivity contribution in [3.8, 4) is 0 Å². The molecule has 0 saturated carbocycles. The van der Waals surface area contributed by atoms with Crippen LogP contribution in [0, 0.1) is 23.4 Å². The molecule has 0 atom stereocenters. The van der Waals surface area contributed by atoms with Gasteiger partial charge in [0.2, 0.25) is 5.91 Å². The zero-order valence-corrected chi connectivity index (χ0v) is 13.8. The third kappa shape index (κ3) is 3.55. The van der Waals surface area contributed by atoms with E-state index < -0.39 is 28.9 Å². The Bertz CT molecular complexity index is 625. The molecule has 1 aromatic rings. The minimum absolute atomic E-state index is 0.0612. The Hall–Kier alpha value is -2.05. The highest BCUT2D eigenvalue weighted by Crippen LogP contribution is 2.23. The highest BCUT2D eigenvalue weighted by Gasteiger charge is 2.31. The van der Waals surface area contributed by atoms with Crippen LogP contribution in [-0.4, -0.2) is 47.8 Å². The number of rotatable bonds is 4. The van der Waals surface area contributed by atoms with Crippen LogP contribution in [0.15, 0.2) is 12.1 Å². The number of halogens is 3. The van der Waals surface area contributed by atoms with Crippen molar-refractivity contribution in [2.75, 3.05) is 26.2 Å². The second kappa shape index (κ2) is 7.68. The Morgan fingerprint density at radius 2 is 1.67 bits per heavy atom. The smallest absolute Gasteiger partial charge is 0.256 e. The summed E-state index contributed by atoms with van der Waals surface area (Å²) in [5, 5.41) is 0. The summed E-state index contributed by atoms with van der Waals surface area (Å²) in [7, 11) is 0. The van der Waals surface area contributed by atoms with Crippen molar-refractivity contribution < 1.29 is 22.8 Å². The summed E-state index contributed by atoms with van der Waals surface area (Å²) in [6.45, 7) is 5.66. The fourth-order valence-corrected chi connectivity index (χ4v) is 2.98. The van der Waals surface area contributed by atoms with Gasteiger partial charge in [0.15, 0.2) is 17.5 Å². The Labute approximate surface area is 139 Å². The number of hydrogen-bond acceptors (Lipinski definition) is 2. The number of amides is 2. The lowest BCUT2D eigenvalue weighted by Gasteiger charge is -2.33. The molecule has 1 aliphatic heterocycles. The highest BCUT2D eigenvalue weighted by atomic mass is 19.2. The van der Waals surface area contributed by atoms with Crippen LogP contribution < -0.4 is 0 Å². The number of carbonyl (C=O) groups excluding carboxylic acids is 2. The van der Waals surface area contributed by atoms with Crippen molar-refractivity contribution in [2.45, 2.75) is 26.7 Å². The molecule has 24 heavy (non-hydrogen) atoms. The molecule has 0 N–H and O–H groups in total. The van der Waals surface area contributed by atoms with Crippen LogP contribution in [0.4, 0.5) is 13.2 Å². The molecular weight excluding hydrogens is 321 g/mol. The van der Waals surface area contributed by atoms with Gasteiger partial charge in [-0.15, -0.1) is 0 Å². The topological polar surface area (TPSA) is 40.6 Å². The van der Waals surface area contributed by atoms with E-state index in [9.17, 15) is 22.8 Å². The van der Waals surface area contributed by atoms with Gasteiger partial charge in [0.05, 0.1) is 5.56 Å². The predicted molar refractivity (Wildman–Crippen MR) is 82.9 cm³/mol. The molecule has 7 heteroatoms. The summed E-state index contributed by atoms with van der Waals surface area (Å²) in [4.78, 5) is 27.7. The zero-order chi connectivity index (χ0) is 17.9. The first-order chi connectivity index (χ1) is 11.4. The quantitative estimate of drug-likeness (QED) is 0.790. The van der Waals surface area contributed by atoms with Crippen LogP contribution >= 0.6 is 0 Å². The summed E-state index contributed by atoms with van der Waals surface area (Å²) in [6.07, 6.45) is 0.957. The SMILES string of the molecule is CCN(CC)C(=O)C1CCN(C(=O)c2ccc(F)c(F)c2F)CC1. The maximum atomic E-state index is 13.7. The van der Waals surface area contributed by atoms with Crippen molar-refractivity contribution in [1.29, 1.82) is 0 Å². The normalized spacial score (nSPS) is 15.5. The molecule has 1 aliphatic rings. The summed E-state index contributed by atoms with van der Waals surface area (Å²) >= 11 is 0. The van der Waals surface area contributed by atoms with E-state index in [1.54, 1.807) is 4.90 Å². The van der Waals surface area contributed by atoms with Gasteiger partial charge in [-0.3, -0.25) is 9.59 Å². The fraction of sp³-hybridized carbons (Fsp3) is 0.529. The molecule has 2 amide bonds. The number of piperidine rings is 1. The lowest BCUT2D eigenvalue weighted by molar-refractivity contribution is -0.136. The minimum Gasteiger partial charge on any atom is -0.343 e. The molecule has 1 fully saturated rings. The van der Waals surface area contributed by atoms with E-state index in [1.165, 1.54) is 4.90 Å². The first kappa shape index (κ1) is 18.3. The van der Waals surface area contributed by atoms with Gasteiger partial charge in [-0.1, -0.05) is 0 Å². The Morgan fingerprint density at radius 1 is 1.08 bits per heavy atom. The van der Waals surface area contributed by atoms with Gasteiger partial charge in [0.1, 0.15) is 0 Å². The Morgan fingerprint density at radius 3 is 2.21 bits per heavy atom. The molecule has 4 nitrogen and oxygen atoms in total. The van der Waals surface area contributed by atoms with Crippen LogP contribution in [0.2, 0.25) is 0 Å². The zero-order valence-electron chi connectivity index (χ0n) is 13.8. The van der Waals surface area contributed by atoms with Crippen LogP contribution in [0.25, 0.3) is 0 Å². The molecule has 1 aromatic carbocycles. The van der Waals surface area contributed by atoms with Gasteiger partial charge >= 0.3 is 0 Å². The molecule has 0 aliphatic carbocycles.